The highest BCUT2D eigenvalue weighted by molar-refractivity contribution is 5.91. The number of amides is 1. The van der Waals surface area contributed by atoms with E-state index < -0.39 is 5.97 Å². The molecule has 0 unspecified atom stereocenters. The van der Waals surface area contributed by atoms with Gasteiger partial charge in [-0.05, 0) is 12.8 Å². The van der Waals surface area contributed by atoms with Crippen LogP contribution >= 0.6 is 0 Å². The van der Waals surface area contributed by atoms with Crippen LogP contribution in [-0.2, 0) is 9.59 Å². The maximum atomic E-state index is 10.8. The van der Waals surface area contributed by atoms with Crippen molar-refractivity contribution >= 4 is 11.9 Å². The van der Waals surface area contributed by atoms with Crippen molar-refractivity contribution in [3.8, 4) is 0 Å². The van der Waals surface area contributed by atoms with Crippen molar-refractivity contribution in [2.45, 2.75) is 65.2 Å². The zero-order valence-electron chi connectivity index (χ0n) is 11.5. The SMILES string of the molecule is CCCCCCCCCC=C(NC(C)=O)C(=O)O. The van der Waals surface area contributed by atoms with Crippen LogP contribution in [0.1, 0.15) is 65.2 Å². The molecule has 0 aliphatic carbocycles. The van der Waals surface area contributed by atoms with Gasteiger partial charge in [0.1, 0.15) is 5.70 Å². The summed E-state index contributed by atoms with van der Waals surface area (Å²) in [4.78, 5) is 21.6. The summed E-state index contributed by atoms with van der Waals surface area (Å²) in [6, 6.07) is 0. The predicted molar refractivity (Wildman–Crippen MR) is 72.1 cm³/mol. The van der Waals surface area contributed by atoms with Gasteiger partial charge in [-0.2, -0.15) is 0 Å². The van der Waals surface area contributed by atoms with Gasteiger partial charge in [-0.1, -0.05) is 51.5 Å². The molecule has 0 aliphatic rings. The Balaban J connectivity index is 3.70. The summed E-state index contributed by atoms with van der Waals surface area (Å²) < 4.78 is 0. The third-order valence-electron chi connectivity index (χ3n) is 2.70. The number of carbonyl (C=O) groups excluding carboxylic acids is 1. The molecule has 0 aromatic rings. The minimum atomic E-state index is -1.08. The van der Waals surface area contributed by atoms with Gasteiger partial charge < -0.3 is 10.4 Å². The lowest BCUT2D eigenvalue weighted by Gasteiger charge is -2.03. The number of carbonyl (C=O) groups is 2. The zero-order chi connectivity index (χ0) is 13.8. The maximum absolute atomic E-state index is 10.8. The molecule has 0 aliphatic heterocycles. The van der Waals surface area contributed by atoms with Crippen molar-refractivity contribution in [2.24, 2.45) is 0 Å². The molecule has 0 saturated carbocycles. The molecular weight excluding hydrogens is 230 g/mol. The second kappa shape index (κ2) is 10.8. The number of aliphatic carboxylic acids is 1. The van der Waals surface area contributed by atoms with E-state index >= 15 is 0 Å². The van der Waals surface area contributed by atoms with E-state index in [-0.39, 0.29) is 11.6 Å². The Morgan fingerprint density at radius 1 is 1.06 bits per heavy atom. The molecule has 0 saturated heterocycles. The Morgan fingerprint density at radius 3 is 2.11 bits per heavy atom. The quantitative estimate of drug-likeness (QED) is 0.465. The molecule has 0 bridgehead atoms. The van der Waals surface area contributed by atoms with E-state index in [0.717, 1.165) is 12.8 Å². The normalized spacial score (nSPS) is 11.3. The number of carboxylic acids is 1. The molecule has 0 heterocycles. The van der Waals surface area contributed by atoms with E-state index in [1.54, 1.807) is 6.08 Å². The molecule has 4 nitrogen and oxygen atoms in total. The van der Waals surface area contributed by atoms with Crippen LogP contribution in [0.25, 0.3) is 0 Å². The van der Waals surface area contributed by atoms with Gasteiger partial charge in [-0.15, -0.1) is 0 Å². The fourth-order valence-electron chi connectivity index (χ4n) is 1.73. The third-order valence-corrected chi connectivity index (χ3v) is 2.70. The highest BCUT2D eigenvalue weighted by Gasteiger charge is 2.07. The summed E-state index contributed by atoms with van der Waals surface area (Å²) in [5.41, 5.74) is -0.00603. The van der Waals surface area contributed by atoms with Crippen molar-refractivity contribution in [3.05, 3.63) is 11.8 Å². The van der Waals surface area contributed by atoms with Gasteiger partial charge in [0.25, 0.3) is 0 Å². The van der Waals surface area contributed by atoms with E-state index in [9.17, 15) is 9.59 Å². The van der Waals surface area contributed by atoms with E-state index in [1.807, 2.05) is 0 Å². The highest BCUT2D eigenvalue weighted by Crippen LogP contribution is 2.09. The average molecular weight is 255 g/mol. The standard InChI is InChI=1S/C14H25NO3/c1-3-4-5-6-7-8-9-10-11-13(14(17)18)15-12(2)16/h11H,3-10H2,1-2H3,(H,15,16)(H,17,18). The minimum Gasteiger partial charge on any atom is -0.477 e. The van der Waals surface area contributed by atoms with Crippen molar-refractivity contribution in [2.75, 3.05) is 0 Å². The topological polar surface area (TPSA) is 66.4 Å². The largest absolute Gasteiger partial charge is 0.477 e. The summed E-state index contributed by atoms with van der Waals surface area (Å²) in [6.07, 6.45) is 10.7. The van der Waals surface area contributed by atoms with E-state index in [0.29, 0.717) is 6.42 Å². The number of carboxylic acid groups (broad SMARTS) is 1. The van der Waals surface area contributed by atoms with Crippen molar-refractivity contribution < 1.29 is 14.7 Å². The van der Waals surface area contributed by atoms with Crippen LogP contribution in [0.2, 0.25) is 0 Å². The van der Waals surface area contributed by atoms with Gasteiger partial charge in [0.05, 0.1) is 0 Å². The smallest absolute Gasteiger partial charge is 0.352 e. The molecule has 1 amide bonds. The van der Waals surface area contributed by atoms with Gasteiger partial charge >= 0.3 is 5.97 Å². The minimum absolute atomic E-state index is 0.00603. The first-order chi connectivity index (χ1) is 8.57. The van der Waals surface area contributed by atoms with Gasteiger partial charge in [-0.3, -0.25) is 4.79 Å². The Bertz CT molecular complexity index is 285. The van der Waals surface area contributed by atoms with Crippen LogP contribution in [0.5, 0.6) is 0 Å². The Morgan fingerprint density at radius 2 is 1.61 bits per heavy atom. The second-order valence-electron chi connectivity index (χ2n) is 4.51. The monoisotopic (exact) mass is 255 g/mol. The summed E-state index contributed by atoms with van der Waals surface area (Å²) in [6.45, 7) is 3.50. The molecule has 2 N–H and O–H groups in total. The van der Waals surface area contributed by atoms with Crippen molar-refractivity contribution in [1.29, 1.82) is 0 Å². The first kappa shape index (κ1) is 16.7. The Kier molecular flexibility index (Phi) is 10.0. The number of nitrogens with one attached hydrogen (secondary N) is 1. The van der Waals surface area contributed by atoms with Gasteiger partial charge in [-0.25, -0.2) is 4.79 Å². The zero-order valence-corrected chi connectivity index (χ0v) is 11.5. The second-order valence-corrected chi connectivity index (χ2v) is 4.51. The molecule has 0 rings (SSSR count). The molecule has 104 valence electrons. The predicted octanol–water partition coefficient (Wildman–Crippen LogP) is 3.23. The van der Waals surface area contributed by atoms with Crippen LogP contribution in [0.15, 0.2) is 11.8 Å². The average Bonchev–Trinajstić information content (AvgIpc) is 2.30. The highest BCUT2D eigenvalue weighted by atomic mass is 16.4. The maximum Gasteiger partial charge on any atom is 0.352 e. The fraction of sp³-hybridized carbons (Fsp3) is 0.714. The van der Waals surface area contributed by atoms with Crippen LogP contribution in [0.3, 0.4) is 0 Å². The molecular formula is C14H25NO3. The number of unbranched alkanes of at least 4 members (excludes halogenated alkanes) is 7. The number of rotatable bonds is 10. The lowest BCUT2D eigenvalue weighted by atomic mass is 10.1. The van der Waals surface area contributed by atoms with Crippen molar-refractivity contribution in [3.63, 3.8) is 0 Å². The summed E-state index contributed by atoms with van der Waals surface area (Å²) in [5, 5.41) is 11.2. The lowest BCUT2D eigenvalue weighted by Crippen LogP contribution is -2.24. The lowest BCUT2D eigenvalue weighted by molar-refractivity contribution is -0.134. The molecule has 0 spiro atoms. The number of allylic oxidation sites excluding steroid dienone is 1. The number of hydrogen-bond donors (Lipinski definition) is 2. The molecule has 0 fully saturated rings. The fourth-order valence-corrected chi connectivity index (χ4v) is 1.73. The van der Waals surface area contributed by atoms with Crippen LogP contribution in [0.4, 0.5) is 0 Å². The van der Waals surface area contributed by atoms with Crippen molar-refractivity contribution in [1.82, 2.24) is 5.32 Å². The molecule has 0 aromatic heterocycles. The molecule has 18 heavy (non-hydrogen) atoms. The first-order valence-electron chi connectivity index (χ1n) is 6.79. The third kappa shape index (κ3) is 9.87. The summed E-state index contributed by atoms with van der Waals surface area (Å²) in [7, 11) is 0. The molecule has 0 atom stereocenters. The summed E-state index contributed by atoms with van der Waals surface area (Å²) in [5.74, 6) is -1.42. The molecule has 0 aromatic carbocycles. The Hall–Kier alpha value is -1.32. The summed E-state index contributed by atoms with van der Waals surface area (Å²) >= 11 is 0. The Labute approximate surface area is 109 Å². The molecule has 0 radical (unpaired) electrons. The first-order valence-corrected chi connectivity index (χ1v) is 6.79. The van der Waals surface area contributed by atoms with Gasteiger partial charge in [0.15, 0.2) is 0 Å². The number of hydrogen-bond acceptors (Lipinski definition) is 2. The molecule has 4 heteroatoms. The van der Waals surface area contributed by atoms with Crippen LogP contribution in [0, 0.1) is 0 Å². The van der Waals surface area contributed by atoms with E-state index in [2.05, 4.69) is 12.2 Å². The van der Waals surface area contributed by atoms with Crippen LogP contribution in [-0.4, -0.2) is 17.0 Å². The van der Waals surface area contributed by atoms with E-state index in [4.69, 9.17) is 5.11 Å². The van der Waals surface area contributed by atoms with E-state index in [1.165, 1.54) is 39.0 Å². The van der Waals surface area contributed by atoms with Crippen LogP contribution < -0.4 is 5.32 Å². The van der Waals surface area contributed by atoms with Gasteiger partial charge in [0, 0.05) is 6.92 Å². The van der Waals surface area contributed by atoms with Gasteiger partial charge in [0.2, 0.25) is 5.91 Å².